The molecule has 2 saturated heterocycles. The molecule has 6 heteroatoms. The van der Waals surface area contributed by atoms with E-state index >= 15 is 0 Å². The smallest absolute Gasteiger partial charge is 0.348 e. The number of hydrogen-bond acceptors (Lipinski definition) is 5. The van der Waals surface area contributed by atoms with Gasteiger partial charge in [0.25, 0.3) is 5.91 Å². The Bertz CT molecular complexity index is 543. The average molecular weight is 308 g/mol. The molecule has 0 radical (unpaired) electrons. The summed E-state index contributed by atoms with van der Waals surface area (Å²) in [5.41, 5.74) is 0. The van der Waals surface area contributed by atoms with Crippen LogP contribution in [0.1, 0.15) is 45.0 Å². The van der Waals surface area contributed by atoms with Gasteiger partial charge in [-0.15, -0.1) is 11.3 Å². The molecule has 0 aromatic carbocycles. The van der Waals surface area contributed by atoms with Gasteiger partial charge in [0.2, 0.25) is 0 Å². The monoisotopic (exact) mass is 308 g/mol. The Morgan fingerprint density at radius 3 is 2.86 bits per heavy atom. The van der Waals surface area contributed by atoms with Crippen molar-refractivity contribution in [3.63, 3.8) is 0 Å². The second kappa shape index (κ2) is 6.15. The van der Waals surface area contributed by atoms with Crippen molar-refractivity contribution in [3.05, 3.63) is 21.9 Å². The zero-order valence-corrected chi connectivity index (χ0v) is 12.9. The Balaban J connectivity index is 1.63. The van der Waals surface area contributed by atoms with E-state index in [0.29, 0.717) is 15.8 Å². The van der Waals surface area contributed by atoms with E-state index < -0.39 is 5.97 Å². The fourth-order valence-corrected chi connectivity index (χ4v) is 4.15. The predicted molar refractivity (Wildman–Crippen MR) is 80.7 cm³/mol. The highest BCUT2D eigenvalue weighted by Gasteiger charge is 2.36. The Labute approximate surface area is 128 Å². The molecule has 0 spiro atoms. The third-order valence-electron chi connectivity index (χ3n) is 4.39. The average Bonchev–Trinajstić information content (AvgIpc) is 3.14. The van der Waals surface area contributed by atoms with Crippen LogP contribution < -0.4 is 5.32 Å². The number of ether oxygens (including phenoxy) is 1. The molecule has 114 valence electrons. The van der Waals surface area contributed by atoms with E-state index in [9.17, 15) is 9.59 Å². The predicted octanol–water partition coefficient (Wildman–Crippen LogP) is 1.89. The number of amides is 1. The summed E-state index contributed by atoms with van der Waals surface area (Å²) in [4.78, 5) is 27.3. The first-order valence-electron chi connectivity index (χ1n) is 7.42. The van der Waals surface area contributed by atoms with E-state index in [0.717, 1.165) is 19.5 Å². The van der Waals surface area contributed by atoms with Gasteiger partial charge >= 0.3 is 5.97 Å². The van der Waals surface area contributed by atoms with Crippen molar-refractivity contribution < 1.29 is 14.3 Å². The van der Waals surface area contributed by atoms with Gasteiger partial charge in [0.15, 0.2) is 0 Å². The summed E-state index contributed by atoms with van der Waals surface area (Å²) in [6, 6.07) is 4.07. The van der Waals surface area contributed by atoms with Gasteiger partial charge < -0.3 is 10.1 Å². The topological polar surface area (TPSA) is 58.6 Å². The Hall–Kier alpha value is -1.40. The Kier molecular flexibility index (Phi) is 4.26. The number of piperidine rings is 1. The molecule has 5 nitrogen and oxygen atoms in total. The number of thiophene rings is 1. The van der Waals surface area contributed by atoms with Crippen molar-refractivity contribution in [2.45, 2.75) is 37.8 Å². The van der Waals surface area contributed by atoms with Gasteiger partial charge in [-0.1, -0.05) is 6.42 Å². The third kappa shape index (κ3) is 2.96. The lowest BCUT2D eigenvalue weighted by Crippen LogP contribution is -2.46. The van der Waals surface area contributed by atoms with Crippen LogP contribution in [0.25, 0.3) is 0 Å². The molecule has 0 unspecified atom stereocenters. The number of hydrogen-bond donors (Lipinski definition) is 1. The van der Waals surface area contributed by atoms with Crippen LogP contribution in [-0.2, 0) is 4.74 Å². The first kappa shape index (κ1) is 14.5. The third-order valence-corrected chi connectivity index (χ3v) is 5.45. The SMILES string of the molecule is COC(=O)c1ccc(C(=O)N[C@H]2CCN3CCCC[C@@H]23)s1. The number of carbonyl (C=O) groups excluding carboxylic acids is 2. The molecular weight excluding hydrogens is 288 g/mol. The molecule has 2 atom stereocenters. The molecule has 0 aliphatic carbocycles. The largest absolute Gasteiger partial charge is 0.465 e. The Morgan fingerprint density at radius 1 is 1.24 bits per heavy atom. The summed E-state index contributed by atoms with van der Waals surface area (Å²) in [7, 11) is 1.35. The van der Waals surface area contributed by atoms with Crippen LogP contribution in [0.3, 0.4) is 0 Å². The molecule has 0 bridgehead atoms. The molecule has 2 aliphatic heterocycles. The Morgan fingerprint density at radius 2 is 2.05 bits per heavy atom. The van der Waals surface area contributed by atoms with E-state index in [1.165, 1.54) is 37.7 Å². The molecule has 3 rings (SSSR count). The van der Waals surface area contributed by atoms with Crippen LogP contribution in [0, 0.1) is 0 Å². The number of methoxy groups -OCH3 is 1. The van der Waals surface area contributed by atoms with Crippen LogP contribution in [0.5, 0.6) is 0 Å². The quantitative estimate of drug-likeness (QED) is 0.866. The normalized spacial score (nSPS) is 25.4. The number of rotatable bonds is 3. The summed E-state index contributed by atoms with van der Waals surface area (Å²) in [5.74, 6) is -0.467. The van der Waals surface area contributed by atoms with Crippen molar-refractivity contribution in [1.29, 1.82) is 0 Å². The highest BCUT2D eigenvalue weighted by Crippen LogP contribution is 2.27. The van der Waals surface area contributed by atoms with Gasteiger partial charge in [0.1, 0.15) is 4.88 Å². The summed E-state index contributed by atoms with van der Waals surface area (Å²) in [6.45, 7) is 2.23. The van der Waals surface area contributed by atoms with Gasteiger partial charge in [0.05, 0.1) is 12.0 Å². The summed E-state index contributed by atoms with van der Waals surface area (Å²) in [5, 5.41) is 3.14. The van der Waals surface area contributed by atoms with Crippen LogP contribution in [0.4, 0.5) is 0 Å². The maximum absolute atomic E-state index is 12.3. The molecule has 1 amide bonds. The van der Waals surface area contributed by atoms with Gasteiger partial charge in [-0.05, 0) is 37.9 Å². The van der Waals surface area contributed by atoms with Crippen molar-refractivity contribution in [1.82, 2.24) is 10.2 Å². The molecule has 2 fully saturated rings. The van der Waals surface area contributed by atoms with Crippen molar-refractivity contribution in [3.8, 4) is 0 Å². The first-order chi connectivity index (χ1) is 10.2. The second-order valence-corrected chi connectivity index (χ2v) is 6.71. The van der Waals surface area contributed by atoms with Gasteiger partial charge in [-0.2, -0.15) is 0 Å². The minimum atomic E-state index is -0.390. The summed E-state index contributed by atoms with van der Waals surface area (Å²) >= 11 is 1.19. The summed E-state index contributed by atoms with van der Waals surface area (Å²) < 4.78 is 4.67. The van der Waals surface area contributed by atoms with Gasteiger partial charge in [-0.3, -0.25) is 9.69 Å². The zero-order valence-electron chi connectivity index (χ0n) is 12.1. The number of esters is 1. The lowest BCUT2D eigenvalue weighted by atomic mass is 9.99. The molecule has 1 aromatic rings. The van der Waals surface area contributed by atoms with Crippen LogP contribution >= 0.6 is 11.3 Å². The second-order valence-electron chi connectivity index (χ2n) is 5.62. The number of nitrogens with zero attached hydrogens (tertiary/aromatic N) is 1. The van der Waals surface area contributed by atoms with E-state index in [-0.39, 0.29) is 11.9 Å². The maximum Gasteiger partial charge on any atom is 0.348 e. The highest BCUT2D eigenvalue weighted by molar-refractivity contribution is 7.15. The highest BCUT2D eigenvalue weighted by atomic mass is 32.1. The molecule has 3 heterocycles. The minimum absolute atomic E-state index is 0.0763. The lowest BCUT2D eigenvalue weighted by molar-refractivity contribution is 0.0606. The summed E-state index contributed by atoms with van der Waals surface area (Å²) in [6.07, 6.45) is 4.71. The lowest BCUT2D eigenvalue weighted by Gasteiger charge is -2.32. The van der Waals surface area contributed by atoms with Crippen LogP contribution in [0.2, 0.25) is 0 Å². The van der Waals surface area contributed by atoms with Crippen molar-refractivity contribution in [2.75, 3.05) is 20.2 Å². The van der Waals surface area contributed by atoms with E-state index in [1.54, 1.807) is 12.1 Å². The fraction of sp³-hybridized carbons (Fsp3) is 0.600. The number of fused-ring (bicyclic) bond motifs is 1. The maximum atomic E-state index is 12.3. The van der Waals surface area contributed by atoms with Gasteiger partial charge in [0, 0.05) is 18.6 Å². The van der Waals surface area contributed by atoms with Crippen molar-refractivity contribution >= 4 is 23.2 Å². The fourth-order valence-electron chi connectivity index (χ4n) is 3.33. The van der Waals surface area contributed by atoms with Crippen molar-refractivity contribution in [2.24, 2.45) is 0 Å². The van der Waals surface area contributed by atoms with E-state index in [2.05, 4.69) is 15.0 Å². The van der Waals surface area contributed by atoms with Crippen LogP contribution in [-0.4, -0.2) is 49.1 Å². The molecule has 21 heavy (non-hydrogen) atoms. The van der Waals surface area contributed by atoms with E-state index in [4.69, 9.17) is 0 Å². The number of carbonyl (C=O) groups is 2. The van der Waals surface area contributed by atoms with Gasteiger partial charge in [-0.25, -0.2) is 4.79 Å². The molecule has 0 saturated carbocycles. The van der Waals surface area contributed by atoms with Crippen LogP contribution in [0.15, 0.2) is 12.1 Å². The number of nitrogens with one attached hydrogen (secondary N) is 1. The molecule has 1 aromatic heterocycles. The minimum Gasteiger partial charge on any atom is -0.465 e. The molecule has 2 aliphatic rings. The molecular formula is C15H20N2O3S. The molecule has 1 N–H and O–H groups in total. The first-order valence-corrected chi connectivity index (χ1v) is 8.24. The zero-order chi connectivity index (χ0) is 14.8. The standard InChI is InChI=1S/C15H20N2O3S/c1-20-15(19)13-6-5-12(21-13)14(18)16-10-7-9-17-8-3-2-4-11(10)17/h5-6,10-11H,2-4,7-9H2,1H3,(H,16,18)/t10-,11-/m0/s1. The van der Waals surface area contributed by atoms with E-state index in [1.807, 2.05) is 0 Å².